The average Bonchev–Trinajstić information content (AvgIpc) is 2.37. The summed E-state index contributed by atoms with van der Waals surface area (Å²) in [6.45, 7) is 3.07. The van der Waals surface area contributed by atoms with Gasteiger partial charge in [0.1, 0.15) is 5.82 Å². The van der Waals surface area contributed by atoms with Crippen LogP contribution in [0.15, 0.2) is 18.3 Å². The molecule has 1 fully saturated rings. The van der Waals surface area contributed by atoms with Gasteiger partial charge in [-0.25, -0.2) is 4.98 Å². The van der Waals surface area contributed by atoms with Crippen molar-refractivity contribution in [1.82, 2.24) is 10.3 Å². The molecule has 2 heterocycles. The third-order valence-corrected chi connectivity index (χ3v) is 3.87. The van der Waals surface area contributed by atoms with E-state index >= 15 is 0 Å². The first-order chi connectivity index (χ1) is 8.64. The zero-order chi connectivity index (χ0) is 13.0. The molecule has 0 radical (unpaired) electrons. The lowest BCUT2D eigenvalue weighted by Gasteiger charge is -2.40. The van der Waals surface area contributed by atoms with Crippen LogP contribution in [0.2, 0.25) is 0 Å². The molecule has 18 heavy (non-hydrogen) atoms. The second-order valence-corrected chi connectivity index (χ2v) is 5.25. The molecular weight excluding hydrogens is 226 g/mol. The van der Waals surface area contributed by atoms with Gasteiger partial charge < -0.3 is 15.8 Å². The van der Waals surface area contributed by atoms with Crippen LogP contribution in [0.5, 0.6) is 0 Å². The van der Waals surface area contributed by atoms with Gasteiger partial charge in [0.15, 0.2) is 0 Å². The van der Waals surface area contributed by atoms with Gasteiger partial charge in [0.25, 0.3) is 0 Å². The lowest BCUT2D eigenvalue weighted by molar-refractivity contribution is -0.0870. The predicted molar refractivity (Wildman–Crippen MR) is 73.4 cm³/mol. The number of rotatable bonds is 4. The van der Waals surface area contributed by atoms with Crippen molar-refractivity contribution in [2.24, 2.45) is 0 Å². The lowest BCUT2D eigenvalue weighted by Crippen LogP contribution is -2.52. The first-order valence-electron chi connectivity index (χ1n) is 6.66. The molecule has 2 unspecified atom stereocenters. The molecule has 1 aromatic rings. The number of nitrogen functional groups attached to an aromatic ring is 1. The summed E-state index contributed by atoms with van der Waals surface area (Å²) in [5.74, 6) is 0.581. The summed E-state index contributed by atoms with van der Waals surface area (Å²) in [6.07, 6.45) is 6.21. The number of ether oxygens (including phenoxy) is 1. The summed E-state index contributed by atoms with van der Waals surface area (Å²) >= 11 is 0. The van der Waals surface area contributed by atoms with Gasteiger partial charge in [-0.2, -0.15) is 0 Å². The predicted octanol–water partition coefficient (Wildman–Crippen LogP) is 1.75. The second-order valence-electron chi connectivity index (χ2n) is 5.25. The Hall–Kier alpha value is -1.13. The fourth-order valence-electron chi connectivity index (χ4n) is 2.71. The molecule has 0 spiro atoms. The summed E-state index contributed by atoms with van der Waals surface area (Å²) in [7, 11) is 2.00. The Morgan fingerprint density at radius 2 is 2.39 bits per heavy atom. The maximum absolute atomic E-state index is 6.01. The fourth-order valence-corrected chi connectivity index (χ4v) is 2.71. The maximum atomic E-state index is 6.01. The number of likely N-dealkylation sites (N-methyl/N-ethyl adjacent to an activating group) is 1. The van der Waals surface area contributed by atoms with Crippen molar-refractivity contribution < 1.29 is 4.74 Å². The van der Waals surface area contributed by atoms with Crippen molar-refractivity contribution in [2.45, 2.75) is 44.2 Å². The fraction of sp³-hybridized carbons (Fsp3) is 0.643. The normalized spacial score (nSPS) is 25.9. The molecular formula is C14H23N3O. The Labute approximate surface area is 109 Å². The van der Waals surface area contributed by atoms with Crippen LogP contribution >= 0.6 is 0 Å². The van der Waals surface area contributed by atoms with Gasteiger partial charge >= 0.3 is 0 Å². The van der Waals surface area contributed by atoms with Gasteiger partial charge in [0, 0.05) is 18.8 Å². The lowest BCUT2D eigenvalue weighted by atomic mass is 9.85. The van der Waals surface area contributed by atoms with Gasteiger partial charge in [-0.15, -0.1) is 0 Å². The Balaban J connectivity index is 2.09. The molecule has 2 rings (SSSR count). The molecule has 0 amide bonds. The molecule has 1 aliphatic heterocycles. The van der Waals surface area contributed by atoms with Crippen molar-refractivity contribution >= 4 is 5.82 Å². The quantitative estimate of drug-likeness (QED) is 0.853. The van der Waals surface area contributed by atoms with E-state index in [1.807, 2.05) is 19.2 Å². The highest BCUT2D eigenvalue weighted by Crippen LogP contribution is 2.29. The van der Waals surface area contributed by atoms with Crippen molar-refractivity contribution in [3.8, 4) is 0 Å². The summed E-state index contributed by atoms with van der Waals surface area (Å²) in [6, 6.07) is 4.27. The molecule has 0 aromatic carbocycles. The molecule has 0 saturated carbocycles. The summed E-state index contributed by atoms with van der Waals surface area (Å²) in [4.78, 5) is 4.03. The van der Waals surface area contributed by atoms with Crippen LogP contribution in [0, 0.1) is 0 Å². The van der Waals surface area contributed by atoms with Crippen LogP contribution in [0.1, 0.15) is 31.7 Å². The van der Waals surface area contributed by atoms with Crippen LogP contribution in [0.25, 0.3) is 0 Å². The SMILES string of the molecule is CNC(Cc1ccnc(N)c1)C1(C)CCCCO1. The Bertz CT molecular complexity index is 388. The molecule has 100 valence electrons. The highest BCUT2D eigenvalue weighted by atomic mass is 16.5. The number of hydrogen-bond acceptors (Lipinski definition) is 4. The van der Waals surface area contributed by atoms with E-state index in [2.05, 4.69) is 17.2 Å². The smallest absolute Gasteiger partial charge is 0.123 e. The first kappa shape index (κ1) is 13.3. The van der Waals surface area contributed by atoms with Crippen LogP contribution in [-0.4, -0.2) is 30.3 Å². The zero-order valence-corrected chi connectivity index (χ0v) is 11.3. The van der Waals surface area contributed by atoms with E-state index in [9.17, 15) is 0 Å². The molecule has 4 nitrogen and oxygen atoms in total. The second kappa shape index (κ2) is 5.67. The molecule has 1 aromatic heterocycles. The Morgan fingerprint density at radius 3 is 3.00 bits per heavy atom. The largest absolute Gasteiger partial charge is 0.384 e. The monoisotopic (exact) mass is 249 g/mol. The summed E-state index contributed by atoms with van der Waals surface area (Å²) in [5.41, 5.74) is 6.85. The molecule has 0 bridgehead atoms. The standard InChI is InChI=1S/C14H23N3O/c1-14(6-3-4-8-18-14)12(16-2)9-11-5-7-17-13(15)10-11/h5,7,10,12,16H,3-4,6,8-9H2,1-2H3,(H2,15,17). The maximum Gasteiger partial charge on any atom is 0.123 e. The molecule has 2 atom stereocenters. The molecule has 1 aliphatic rings. The van der Waals surface area contributed by atoms with Gasteiger partial charge in [-0.1, -0.05) is 0 Å². The van der Waals surface area contributed by atoms with Crippen LogP contribution in [-0.2, 0) is 11.2 Å². The van der Waals surface area contributed by atoms with Gasteiger partial charge in [0.05, 0.1) is 5.60 Å². The summed E-state index contributed by atoms with van der Waals surface area (Å²) in [5, 5.41) is 3.39. The Morgan fingerprint density at radius 1 is 1.56 bits per heavy atom. The number of nitrogens with two attached hydrogens (primary N) is 1. The topological polar surface area (TPSA) is 60.2 Å². The van der Waals surface area contributed by atoms with Crippen molar-refractivity contribution in [2.75, 3.05) is 19.4 Å². The van der Waals surface area contributed by atoms with E-state index in [4.69, 9.17) is 10.5 Å². The van der Waals surface area contributed by atoms with Crippen LogP contribution in [0.4, 0.5) is 5.82 Å². The van der Waals surface area contributed by atoms with E-state index in [0.29, 0.717) is 11.9 Å². The molecule has 0 aliphatic carbocycles. The molecule has 3 N–H and O–H groups in total. The summed E-state index contributed by atoms with van der Waals surface area (Å²) < 4.78 is 6.01. The molecule has 4 heteroatoms. The van der Waals surface area contributed by atoms with Crippen molar-refractivity contribution in [3.05, 3.63) is 23.9 Å². The minimum atomic E-state index is -0.0783. The van der Waals surface area contributed by atoms with Crippen LogP contribution in [0.3, 0.4) is 0 Å². The number of nitrogens with zero attached hydrogens (tertiary/aromatic N) is 1. The average molecular weight is 249 g/mol. The van der Waals surface area contributed by atoms with E-state index in [1.165, 1.54) is 18.4 Å². The minimum absolute atomic E-state index is 0.0783. The van der Waals surface area contributed by atoms with E-state index in [1.54, 1.807) is 6.20 Å². The third-order valence-electron chi connectivity index (χ3n) is 3.87. The number of aromatic nitrogens is 1. The highest BCUT2D eigenvalue weighted by Gasteiger charge is 2.35. The first-order valence-corrected chi connectivity index (χ1v) is 6.66. The van der Waals surface area contributed by atoms with E-state index in [-0.39, 0.29) is 5.60 Å². The number of hydrogen-bond donors (Lipinski definition) is 2. The zero-order valence-electron chi connectivity index (χ0n) is 11.3. The highest BCUT2D eigenvalue weighted by molar-refractivity contribution is 5.32. The van der Waals surface area contributed by atoms with E-state index < -0.39 is 0 Å². The van der Waals surface area contributed by atoms with E-state index in [0.717, 1.165) is 19.4 Å². The van der Waals surface area contributed by atoms with Gasteiger partial charge in [-0.3, -0.25) is 0 Å². The van der Waals surface area contributed by atoms with Crippen LogP contribution < -0.4 is 11.1 Å². The van der Waals surface area contributed by atoms with Gasteiger partial charge in [-0.05, 0) is 57.4 Å². The van der Waals surface area contributed by atoms with Crippen molar-refractivity contribution in [1.29, 1.82) is 0 Å². The minimum Gasteiger partial charge on any atom is -0.384 e. The number of anilines is 1. The third kappa shape index (κ3) is 3.00. The van der Waals surface area contributed by atoms with Crippen molar-refractivity contribution in [3.63, 3.8) is 0 Å². The molecule has 1 saturated heterocycles. The number of pyridine rings is 1. The Kier molecular flexibility index (Phi) is 4.19. The van der Waals surface area contributed by atoms with Gasteiger partial charge in [0.2, 0.25) is 0 Å². The number of nitrogens with one attached hydrogen (secondary N) is 1.